The van der Waals surface area contributed by atoms with E-state index in [-0.39, 0.29) is 23.9 Å². The Labute approximate surface area is 175 Å². The third-order valence-electron chi connectivity index (χ3n) is 6.25. The molecule has 2 fully saturated rings. The first-order valence-corrected chi connectivity index (χ1v) is 11.1. The van der Waals surface area contributed by atoms with Crippen LogP contribution in [0.15, 0.2) is 30.3 Å². The normalized spacial score (nSPS) is 20.0. The predicted octanol–water partition coefficient (Wildman–Crippen LogP) is 3.11. The van der Waals surface area contributed by atoms with Crippen LogP contribution in [0.1, 0.15) is 50.1 Å². The van der Waals surface area contributed by atoms with Crippen molar-refractivity contribution in [2.75, 3.05) is 46.8 Å². The molecule has 1 aromatic carbocycles. The number of hydrogen-bond donors (Lipinski definition) is 1. The van der Waals surface area contributed by atoms with Gasteiger partial charge < -0.3 is 15.1 Å². The highest BCUT2D eigenvalue weighted by atomic mass is 16.2. The third-order valence-corrected chi connectivity index (χ3v) is 6.25. The summed E-state index contributed by atoms with van der Waals surface area (Å²) < 4.78 is 0. The van der Waals surface area contributed by atoms with Crippen LogP contribution in [0, 0.1) is 5.92 Å². The lowest BCUT2D eigenvalue weighted by atomic mass is 9.95. The highest BCUT2D eigenvalue weighted by Gasteiger charge is 2.29. The maximum Gasteiger partial charge on any atom is 0.319 e. The van der Waals surface area contributed by atoms with E-state index in [0.29, 0.717) is 19.6 Å². The van der Waals surface area contributed by atoms with Gasteiger partial charge in [0.1, 0.15) is 0 Å². The van der Waals surface area contributed by atoms with E-state index in [9.17, 15) is 9.59 Å². The van der Waals surface area contributed by atoms with Crippen molar-refractivity contribution in [3.63, 3.8) is 0 Å². The van der Waals surface area contributed by atoms with Gasteiger partial charge in [0.25, 0.3) is 0 Å². The molecule has 0 aliphatic carbocycles. The van der Waals surface area contributed by atoms with Crippen LogP contribution < -0.4 is 5.32 Å². The Morgan fingerprint density at radius 1 is 1.00 bits per heavy atom. The van der Waals surface area contributed by atoms with Crippen molar-refractivity contribution in [2.45, 2.75) is 44.6 Å². The number of hydrogen-bond acceptors (Lipinski definition) is 3. The number of piperidine rings is 1. The summed E-state index contributed by atoms with van der Waals surface area (Å²) in [7, 11) is 3.54. The molecule has 2 heterocycles. The second-order valence-corrected chi connectivity index (χ2v) is 8.56. The molecule has 29 heavy (non-hydrogen) atoms. The number of amides is 3. The van der Waals surface area contributed by atoms with Gasteiger partial charge in [-0.2, -0.15) is 0 Å². The molecule has 1 aromatic rings. The van der Waals surface area contributed by atoms with Crippen molar-refractivity contribution in [1.29, 1.82) is 0 Å². The van der Waals surface area contributed by atoms with E-state index in [0.717, 1.165) is 25.9 Å². The van der Waals surface area contributed by atoms with E-state index in [4.69, 9.17) is 0 Å². The Balaban J connectivity index is 1.56. The van der Waals surface area contributed by atoms with E-state index in [1.54, 1.807) is 19.0 Å². The molecule has 160 valence electrons. The van der Waals surface area contributed by atoms with Crippen molar-refractivity contribution >= 4 is 11.9 Å². The quantitative estimate of drug-likeness (QED) is 0.826. The molecule has 0 bridgehead atoms. The number of carbonyl (C=O) groups is 2. The standard InChI is InChI=1S/C23H36N4O2/c1-25(2)23(29)27-16-12-20(13-17-27)22(28)24-18-21(19-10-6-5-7-11-19)26-14-8-3-4-9-15-26/h5-7,10-11,20-21H,3-4,8-9,12-18H2,1-2H3,(H,24,28)/t21-/m0/s1. The van der Waals surface area contributed by atoms with Gasteiger partial charge in [-0.3, -0.25) is 9.69 Å². The molecule has 6 heteroatoms. The minimum atomic E-state index is 0.00164. The van der Waals surface area contributed by atoms with E-state index >= 15 is 0 Å². The topological polar surface area (TPSA) is 55.9 Å². The molecule has 0 saturated carbocycles. The maximum atomic E-state index is 12.9. The van der Waals surface area contributed by atoms with Gasteiger partial charge in [-0.1, -0.05) is 43.2 Å². The fourth-order valence-electron chi connectivity index (χ4n) is 4.50. The monoisotopic (exact) mass is 400 g/mol. The molecule has 0 aromatic heterocycles. The van der Waals surface area contributed by atoms with Gasteiger partial charge in [-0.05, 0) is 44.3 Å². The number of benzene rings is 1. The molecule has 3 amide bonds. The van der Waals surface area contributed by atoms with Crippen LogP contribution in [0.4, 0.5) is 4.79 Å². The third kappa shape index (κ3) is 5.95. The average Bonchev–Trinajstić information content (AvgIpc) is 3.03. The first kappa shape index (κ1) is 21.6. The van der Waals surface area contributed by atoms with E-state index in [1.165, 1.54) is 31.2 Å². The molecule has 1 N–H and O–H groups in total. The molecular formula is C23H36N4O2. The molecule has 6 nitrogen and oxygen atoms in total. The van der Waals surface area contributed by atoms with Crippen LogP contribution in [-0.4, -0.2) is 73.5 Å². The van der Waals surface area contributed by atoms with Gasteiger partial charge in [-0.25, -0.2) is 4.79 Å². The van der Waals surface area contributed by atoms with Crippen molar-refractivity contribution < 1.29 is 9.59 Å². The molecule has 2 aliphatic rings. The Morgan fingerprint density at radius 3 is 2.21 bits per heavy atom. The molecule has 1 atom stereocenters. The summed E-state index contributed by atoms with van der Waals surface area (Å²) >= 11 is 0. The fourth-order valence-corrected chi connectivity index (χ4v) is 4.50. The van der Waals surface area contributed by atoms with E-state index < -0.39 is 0 Å². The summed E-state index contributed by atoms with van der Waals surface area (Å²) in [4.78, 5) is 30.9. The lowest BCUT2D eigenvalue weighted by Gasteiger charge is -2.34. The Morgan fingerprint density at radius 2 is 1.62 bits per heavy atom. The van der Waals surface area contributed by atoms with Crippen LogP contribution in [0.25, 0.3) is 0 Å². The summed E-state index contributed by atoms with van der Waals surface area (Å²) in [6.07, 6.45) is 6.55. The summed E-state index contributed by atoms with van der Waals surface area (Å²) in [5.74, 6) is 0.138. The number of likely N-dealkylation sites (tertiary alicyclic amines) is 2. The number of nitrogens with one attached hydrogen (secondary N) is 1. The smallest absolute Gasteiger partial charge is 0.319 e. The molecule has 2 aliphatic heterocycles. The highest BCUT2D eigenvalue weighted by molar-refractivity contribution is 5.79. The SMILES string of the molecule is CN(C)C(=O)N1CCC(C(=O)NC[C@@H](c2ccccc2)N2CCCCCC2)CC1. The van der Waals surface area contributed by atoms with Gasteiger partial charge in [0.15, 0.2) is 0 Å². The average molecular weight is 401 g/mol. The fraction of sp³-hybridized carbons (Fsp3) is 0.652. The highest BCUT2D eigenvalue weighted by Crippen LogP contribution is 2.24. The Hall–Kier alpha value is -2.08. The van der Waals surface area contributed by atoms with Crippen molar-refractivity contribution in [3.05, 3.63) is 35.9 Å². The zero-order valence-electron chi connectivity index (χ0n) is 18.0. The molecule has 3 rings (SSSR count). The summed E-state index contributed by atoms with van der Waals surface area (Å²) in [5.41, 5.74) is 1.28. The Bertz CT molecular complexity index is 648. The minimum Gasteiger partial charge on any atom is -0.354 e. The van der Waals surface area contributed by atoms with Crippen LogP contribution in [-0.2, 0) is 4.79 Å². The zero-order chi connectivity index (χ0) is 20.6. The second-order valence-electron chi connectivity index (χ2n) is 8.56. The number of nitrogens with zero attached hydrogens (tertiary/aromatic N) is 3. The largest absolute Gasteiger partial charge is 0.354 e. The minimum absolute atomic E-state index is 0.00164. The van der Waals surface area contributed by atoms with Gasteiger partial charge >= 0.3 is 6.03 Å². The van der Waals surface area contributed by atoms with Gasteiger partial charge in [0.05, 0.1) is 6.04 Å². The van der Waals surface area contributed by atoms with Crippen LogP contribution in [0.3, 0.4) is 0 Å². The van der Waals surface area contributed by atoms with Crippen molar-refractivity contribution in [1.82, 2.24) is 20.0 Å². The number of rotatable bonds is 5. The zero-order valence-corrected chi connectivity index (χ0v) is 18.0. The summed E-state index contributed by atoms with van der Waals surface area (Å²) in [6.45, 7) is 4.16. The maximum absolute atomic E-state index is 12.9. The van der Waals surface area contributed by atoms with Crippen LogP contribution in [0.5, 0.6) is 0 Å². The van der Waals surface area contributed by atoms with Crippen molar-refractivity contribution in [3.8, 4) is 0 Å². The first-order valence-electron chi connectivity index (χ1n) is 11.1. The molecule has 0 spiro atoms. The molecule has 0 radical (unpaired) electrons. The summed E-state index contributed by atoms with van der Waals surface area (Å²) in [5, 5.41) is 3.24. The molecule has 0 unspecified atom stereocenters. The van der Waals surface area contributed by atoms with Crippen LogP contribution in [0.2, 0.25) is 0 Å². The van der Waals surface area contributed by atoms with E-state index in [2.05, 4.69) is 34.5 Å². The second kappa shape index (κ2) is 10.6. The van der Waals surface area contributed by atoms with E-state index in [1.807, 2.05) is 11.0 Å². The predicted molar refractivity (Wildman–Crippen MR) is 116 cm³/mol. The molecule has 2 saturated heterocycles. The van der Waals surface area contributed by atoms with Gasteiger partial charge in [0, 0.05) is 39.6 Å². The van der Waals surface area contributed by atoms with Crippen molar-refractivity contribution in [2.24, 2.45) is 5.92 Å². The Kier molecular flexibility index (Phi) is 7.92. The lowest BCUT2D eigenvalue weighted by molar-refractivity contribution is -0.126. The van der Waals surface area contributed by atoms with Gasteiger partial charge in [-0.15, -0.1) is 0 Å². The number of carbonyl (C=O) groups excluding carboxylic acids is 2. The molecular weight excluding hydrogens is 364 g/mol. The number of urea groups is 1. The lowest BCUT2D eigenvalue weighted by Crippen LogP contribution is -2.47. The van der Waals surface area contributed by atoms with Gasteiger partial charge in [0.2, 0.25) is 5.91 Å². The summed E-state index contributed by atoms with van der Waals surface area (Å²) in [6, 6.07) is 10.8. The first-order chi connectivity index (χ1) is 14.1. The van der Waals surface area contributed by atoms with Crippen LogP contribution >= 0.6 is 0 Å².